The summed E-state index contributed by atoms with van der Waals surface area (Å²) in [5.74, 6) is -0.514. The number of hydrogen-bond acceptors (Lipinski definition) is 4. The fourth-order valence-corrected chi connectivity index (χ4v) is 8.46. The number of carbonyl (C=O) groups is 1. The van der Waals surface area contributed by atoms with Gasteiger partial charge in [-0.25, -0.2) is 0 Å². The van der Waals surface area contributed by atoms with Crippen LogP contribution in [0.25, 0.3) is 0 Å². The van der Waals surface area contributed by atoms with Crippen LogP contribution in [0.2, 0.25) is 0 Å². The van der Waals surface area contributed by atoms with Gasteiger partial charge in [-0.05, 0) is 44.9 Å². The fraction of sp³-hybridized carbons (Fsp3) is 0.875. The number of aliphatic hydroxyl groups excluding tert-OH is 3. The van der Waals surface area contributed by atoms with E-state index in [0.717, 1.165) is 44.9 Å². The van der Waals surface area contributed by atoms with Crippen LogP contribution < -0.4 is 5.32 Å². The molecule has 1 amide bonds. The van der Waals surface area contributed by atoms with Gasteiger partial charge in [0.15, 0.2) is 0 Å². The van der Waals surface area contributed by atoms with Gasteiger partial charge in [-0.2, -0.15) is 0 Å². The van der Waals surface area contributed by atoms with Crippen LogP contribution in [0.1, 0.15) is 290 Å². The second-order valence-corrected chi connectivity index (χ2v) is 18.8. The van der Waals surface area contributed by atoms with E-state index in [4.69, 9.17) is 0 Å². The van der Waals surface area contributed by atoms with E-state index < -0.39 is 24.2 Å². The summed E-state index contributed by atoms with van der Waals surface area (Å²) in [6.45, 7) is 4.15. The molecule has 5 nitrogen and oxygen atoms in total. The zero-order valence-electron chi connectivity index (χ0n) is 41.1. The number of allylic oxidation sites excluding steroid dienone is 5. The Labute approximate surface area is 381 Å². The van der Waals surface area contributed by atoms with Gasteiger partial charge in [0.25, 0.3) is 0 Å². The number of rotatable bonds is 50. The molecule has 0 saturated carbocycles. The highest BCUT2D eigenvalue weighted by atomic mass is 16.3. The maximum absolute atomic E-state index is 12.5. The Morgan fingerprint density at radius 3 is 1.00 bits per heavy atom. The molecule has 0 rings (SSSR count). The molecule has 3 unspecified atom stereocenters. The van der Waals surface area contributed by atoms with Crippen molar-refractivity contribution >= 4 is 5.91 Å². The summed E-state index contributed by atoms with van der Waals surface area (Å²) in [6.07, 6.45) is 66.7. The van der Waals surface area contributed by atoms with Crippen LogP contribution in [0.15, 0.2) is 36.5 Å². The quantitative estimate of drug-likeness (QED) is 0.0362. The summed E-state index contributed by atoms with van der Waals surface area (Å²) >= 11 is 0. The Morgan fingerprint density at radius 1 is 0.393 bits per heavy atom. The minimum atomic E-state index is -1.11. The predicted octanol–water partition coefficient (Wildman–Crippen LogP) is 16.7. The van der Waals surface area contributed by atoms with Gasteiger partial charge in [0.1, 0.15) is 6.10 Å². The third-order valence-electron chi connectivity index (χ3n) is 12.7. The maximum atomic E-state index is 12.5. The molecule has 0 radical (unpaired) electrons. The summed E-state index contributed by atoms with van der Waals surface area (Å²) in [5, 5.41) is 33.2. The lowest BCUT2D eigenvalue weighted by Crippen LogP contribution is -2.48. The van der Waals surface area contributed by atoms with Gasteiger partial charge in [0.05, 0.1) is 18.8 Å². The van der Waals surface area contributed by atoms with Crippen LogP contribution in [0.4, 0.5) is 0 Å². The van der Waals surface area contributed by atoms with Crippen molar-refractivity contribution in [3.05, 3.63) is 36.5 Å². The first-order valence-electron chi connectivity index (χ1n) is 27.3. The SMILES string of the molecule is CCCCC/C=C/CC/C=C/CC/C=C/C(O)C(CO)NC(=O)C(O)CCCCCCCCCCCCCCCCCCCCCCCCCCCCCCCCCCCC. The molecule has 360 valence electrons. The minimum Gasteiger partial charge on any atom is -0.394 e. The van der Waals surface area contributed by atoms with Crippen molar-refractivity contribution in [2.45, 2.75) is 308 Å². The Kier molecular flexibility index (Phi) is 50.0. The van der Waals surface area contributed by atoms with Gasteiger partial charge in [0.2, 0.25) is 5.91 Å². The molecule has 0 aromatic carbocycles. The lowest BCUT2D eigenvalue weighted by Gasteiger charge is -2.21. The van der Waals surface area contributed by atoms with Gasteiger partial charge in [0, 0.05) is 0 Å². The average molecular weight is 858 g/mol. The van der Waals surface area contributed by atoms with Crippen LogP contribution in [0.5, 0.6) is 0 Å². The highest BCUT2D eigenvalue weighted by molar-refractivity contribution is 5.80. The number of hydrogen-bond donors (Lipinski definition) is 4. The zero-order valence-corrected chi connectivity index (χ0v) is 41.1. The molecule has 0 aromatic heterocycles. The molecule has 0 aromatic rings. The van der Waals surface area contributed by atoms with Crippen LogP contribution in [-0.2, 0) is 4.79 Å². The number of amides is 1. The van der Waals surface area contributed by atoms with Crippen molar-refractivity contribution in [3.8, 4) is 0 Å². The molecule has 0 bridgehead atoms. The lowest BCUT2D eigenvalue weighted by molar-refractivity contribution is -0.131. The molecule has 0 aliphatic heterocycles. The van der Waals surface area contributed by atoms with E-state index in [1.54, 1.807) is 6.08 Å². The van der Waals surface area contributed by atoms with Crippen molar-refractivity contribution in [2.75, 3.05) is 6.61 Å². The van der Waals surface area contributed by atoms with Gasteiger partial charge >= 0.3 is 0 Å². The summed E-state index contributed by atoms with van der Waals surface area (Å²) in [7, 11) is 0. The van der Waals surface area contributed by atoms with Gasteiger partial charge < -0.3 is 20.6 Å². The third kappa shape index (κ3) is 46.4. The topological polar surface area (TPSA) is 89.8 Å². The average Bonchev–Trinajstić information content (AvgIpc) is 3.26. The number of carbonyl (C=O) groups excluding carboxylic acids is 1. The second kappa shape index (κ2) is 51.2. The monoisotopic (exact) mass is 858 g/mol. The standard InChI is InChI=1S/C56H107NO4/c1-3-5-7-9-11-13-15-17-18-19-20-21-22-23-24-25-26-27-28-29-30-31-32-33-34-35-36-37-39-41-43-45-47-49-51-55(60)56(61)57-53(52-58)54(59)50-48-46-44-42-40-38-16-14-12-10-8-6-4-2/h12,14,40,42,48,50,53-55,58-60H,3-11,13,15-39,41,43-47,49,51-52H2,1-2H3,(H,57,61)/b14-12+,42-40+,50-48+. The Morgan fingerprint density at radius 2 is 0.672 bits per heavy atom. The number of nitrogens with one attached hydrogen (secondary N) is 1. The zero-order chi connectivity index (χ0) is 44.4. The molecule has 0 aliphatic rings. The molecule has 4 N–H and O–H groups in total. The van der Waals surface area contributed by atoms with Crippen LogP contribution in [0.3, 0.4) is 0 Å². The molecule has 61 heavy (non-hydrogen) atoms. The van der Waals surface area contributed by atoms with Crippen molar-refractivity contribution < 1.29 is 20.1 Å². The summed E-state index contributed by atoms with van der Waals surface area (Å²) in [4.78, 5) is 12.5. The molecule has 5 heteroatoms. The van der Waals surface area contributed by atoms with Crippen LogP contribution in [0, 0.1) is 0 Å². The maximum Gasteiger partial charge on any atom is 0.249 e. The predicted molar refractivity (Wildman–Crippen MR) is 268 cm³/mol. The normalized spacial score (nSPS) is 13.6. The molecule has 3 atom stereocenters. The molecular formula is C56H107NO4. The Balaban J connectivity index is 3.48. The first-order chi connectivity index (χ1) is 30.1. The van der Waals surface area contributed by atoms with Crippen molar-refractivity contribution in [1.82, 2.24) is 5.32 Å². The highest BCUT2D eigenvalue weighted by Gasteiger charge is 2.22. The summed E-state index contributed by atoms with van der Waals surface area (Å²) in [6, 6.07) is -0.818. The molecule has 0 saturated heterocycles. The third-order valence-corrected chi connectivity index (χ3v) is 12.7. The molecule has 0 aliphatic carbocycles. The van der Waals surface area contributed by atoms with E-state index in [9.17, 15) is 20.1 Å². The molecular weight excluding hydrogens is 751 g/mol. The van der Waals surface area contributed by atoms with Crippen LogP contribution in [-0.4, -0.2) is 46.1 Å². The van der Waals surface area contributed by atoms with Gasteiger partial charge in [-0.15, -0.1) is 0 Å². The fourth-order valence-electron chi connectivity index (χ4n) is 8.46. The van der Waals surface area contributed by atoms with Crippen LogP contribution >= 0.6 is 0 Å². The van der Waals surface area contributed by atoms with E-state index in [1.807, 2.05) is 6.08 Å². The Hall–Kier alpha value is -1.43. The highest BCUT2D eigenvalue weighted by Crippen LogP contribution is 2.18. The van der Waals surface area contributed by atoms with Gasteiger partial charge in [-0.3, -0.25) is 4.79 Å². The molecule has 0 spiro atoms. The first-order valence-corrected chi connectivity index (χ1v) is 27.3. The van der Waals surface area contributed by atoms with E-state index in [2.05, 4.69) is 43.5 Å². The van der Waals surface area contributed by atoms with Crippen molar-refractivity contribution in [1.29, 1.82) is 0 Å². The van der Waals surface area contributed by atoms with E-state index in [0.29, 0.717) is 6.42 Å². The van der Waals surface area contributed by atoms with E-state index >= 15 is 0 Å². The first kappa shape index (κ1) is 59.6. The summed E-state index contributed by atoms with van der Waals surface area (Å²) in [5.41, 5.74) is 0. The number of aliphatic hydroxyl groups is 3. The second-order valence-electron chi connectivity index (χ2n) is 18.8. The van der Waals surface area contributed by atoms with Crippen molar-refractivity contribution in [2.24, 2.45) is 0 Å². The van der Waals surface area contributed by atoms with Gasteiger partial charge in [-0.1, -0.05) is 281 Å². The Bertz CT molecular complexity index is 947. The smallest absolute Gasteiger partial charge is 0.249 e. The molecule has 0 heterocycles. The van der Waals surface area contributed by atoms with Crippen molar-refractivity contribution in [3.63, 3.8) is 0 Å². The van der Waals surface area contributed by atoms with E-state index in [1.165, 1.54) is 225 Å². The van der Waals surface area contributed by atoms with E-state index in [-0.39, 0.29) is 6.61 Å². The molecule has 0 fully saturated rings. The minimum absolute atomic E-state index is 0.379. The summed E-state index contributed by atoms with van der Waals surface area (Å²) < 4.78 is 0. The number of unbranched alkanes of at least 4 members (excludes halogenated alkanes) is 38. The largest absolute Gasteiger partial charge is 0.394 e. The lowest BCUT2D eigenvalue weighted by atomic mass is 10.0.